The number of nitrogens with one attached hydrogen (secondary N) is 1. The summed E-state index contributed by atoms with van der Waals surface area (Å²) in [6, 6.07) is 0.909. The Bertz CT molecular complexity index is 356. The van der Waals surface area contributed by atoms with Gasteiger partial charge in [-0.2, -0.15) is 0 Å². The summed E-state index contributed by atoms with van der Waals surface area (Å²) in [6.45, 7) is 3.43. The van der Waals surface area contributed by atoms with Gasteiger partial charge in [-0.1, -0.05) is 0 Å². The van der Waals surface area contributed by atoms with Gasteiger partial charge in [-0.15, -0.1) is 0 Å². The highest BCUT2D eigenvalue weighted by molar-refractivity contribution is 5.09. The molecule has 0 radical (unpaired) electrons. The van der Waals surface area contributed by atoms with E-state index in [-0.39, 0.29) is 0 Å². The van der Waals surface area contributed by atoms with E-state index in [0.29, 0.717) is 12.1 Å². The lowest BCUT2D eigenvalue weighted by Crippen LogP contribution is -2.50. The van der Waals surface area contributed by atoms with E-state index < -0.39 is 0 Å². The molecular formula is C13H23N5. The summed E-state index contributed by atoms with van der Waals surface area (Å²) in [5, 5.41) is 3.38. The van der Waals surface area contributed by atoms with Crippen LogP contribution in [0.2, 0.25) is 0 Å². The molecule has 1 saturated heterocycles. The van der Waals surface area contributed by atoms with Crippen LogP contribution in [-0.2, 0) is 0 Å². The Hall–Kier alpha value is -1.04. The predicted octanol–water partition coefficient (Wildman–Crippen LogP) is 0.373. The maximum atomic E-state index is 4.11. The molecular weight excluding hydrogens is 226 g/mol. The topological polar surface area (TPSA) is 44.3 Å². The van der Waals surface area contributed by atoms with Crippen molar-refractivity contribution in [1.29, 1.82) is 0 Å². The zero-order valence-electron chi connectivity index (χ0n) is 11.5. The number of nitrogens with zero attached hydrogens (tertiary/aromatic N) is 4. The average molecular weight is 249 g/mol. The fourth-order valence-electron chi connectivity index (χ4n) is 2.54. The molecule has 18 heavy (non-hydrogen) atoms. The lowest BCUT2D eigenvalue weighted by atomic mass is 9.99. The van der Waals surface area contributed by atoms with Crippen molar-refractivity contribution in [2.24, 2.45) is 0 Å². The lowest BCUT2D eigenvalue weighted by molar-refractivity contribution is 0.102. The molecule has 2 rings (SSSR count). The quantitative estimate of drug-likeness (QED) is 0.835. The molecule has 2 atom stereocenters. The van der Waals surface area contributed by atoms with Gasteiger partial charge in [0.25, 0.3) is 0 Å². The number of hydrogen-bond donors (Lipinski definition) is 1. The summed E-state index contributed by atoms with van der Waals surface area (Å²) in [5.74, 6) is 0. The van der Waals surface area contributed by atoms with Gasteiger partial charge in [0.2, 0.25) is 0 Å². The van der Waals surface area contributed by atoms with Crippen LogP contribution < -0.4 is 5.32 Å². The Labute approximate surface area is 109 Å². The third-order valence-corrected chi connectivity index (χ3v) is 3.82. The summed E-state index contributed by atoms with van der Waals surface area (Å²) in [4.78, 5) is 13.1. The summed E-state index contributed by atoms with van der Waals surface area (Å²) in [5.41, 5.74) is 1.17. The van der Waals surface area contributed by atoms with E-state index in [1.807, 2.05) is 19.4 Å². The summed E-state index contributed by atoms with van der Waals surface area (Å²) < 4.78 is 0. The van der Waals surface area contributed by atoms with Gasteiger partial charge in [0.1, 0.15) is 6.33 Å². The van der Waals surface area contributed by atoms with Crippen LogP contribution in [0.15, 0.2) is 18.7 Å². The molecule has 1 aromatic heterocycles. The second-order valence-electron chi connectivity index (χ2n) is 5.15. The van der Waals surface area contributed by atoms with E-state index in [2.05, 4.69) is 39.2 Å². The van der Waals surface area contributed by atoms with Crippen LogP contribution in [0.1, 0.15) is 18.0 Å². The zero-order chi connectivity index (χ0) is 13.0. The molecule has 0 saturated carbocycles. The molecule has 1 aliphatic heterocycles. The van der Waals surface area contributed by atoms with Crippen molar-refractivity contribution in [3.05, 3.63) is 24.3 Å². The van der Waals surface area contributed by atoms with E-state index in [1.165, 1.54) is 5.56 Å². The molecule has 0 bridgehead atoms. The number of aromatic nitrogens is 2. The van der Waals surface area contributed by atoms with Gasteiger partial charge in [0, 0.05) is 49.7 Å². The number of likely N-dealkylation sites (N-methyl/N-ethyl adjacent to an activating group) is 2. The van der Waals surface area contributed by atoms with Gasteiger partial charge in [0.05, 0.1) is 0 Å². The Balaban J connectivity index is 2.01. The molecule has 1 aliphatic rings. The minimum atomic E-state index is 0.324. The van der Waals surface area contributed by atoms with E-state index in [9.17, 15) is 0 Å². The van der Waals surface area contributed by atoms with Crippen LogP contribution in [0.25, 0.3) is 0 Å². The molecule has 1 N–H and O–H groups in total. The normalized spacial score (nSPS) is 24.1. The van der Waals surface area contributed by atoms with Crippen molar-refractivity contribution in [2.45, 2.75) is 18.5 Å². The van der Waals surface area contributed by atoms with Crippen molar-refractivity contribution in [2.75, 3.05) is 40.8 Å². The smallest absolute Gasteiger partial charge is 0.115 e. The Kier molecular flexibility index (Phi) is 4.63. The second kappa shape index (κ2) is 6.22. The first-order valence-corrected chi connectivity index (χ1v) is 6.51. The van der Waals surface area contributed by atoms with Crippen LogP contribution >= 0.6 is 0 Å². The standard InChI is InChI=1S/C13H23N5/c1-14-13(11-7-15-10-16-8-11)6-12-9-17(2)4-5-18(12)3/h7-8,10,12-14H,4-6,9H2,1-3H3. The highest BCUT2D eigenvalue weighted by Crippen LogP contribution is 2.20. The summed E-state index contributed by atoms with van der Waals surface area (Å²) in [7, 11) is 6.41. The Morgan fingerprint density at radius 3 is 2.72 bits per heavy atom. The van der Waals surface area contributed by atoms with Gasteiger partial charge in [-0.05, 0) is 27.6 Å². The SMILES string of the molecule is CNC(CC1CN(C)CCN1C)c1cncnc1. The Morgan fingerprint density at radius 1 is 1.33 bits per heavy atom. The van der Waals surface area contributed by atoms with Crippen LogP contribution in [0, 0.1) is 0 Å². The van der Waals surface area contributed by atoms with Gasteiger partial charge in [0.15, 0.2) is 0 Å². The number of piperazine rings is 1. The molecule has 1 aromatic rings. The molecule has 2 heterocycles. The van der Waals surface area contributed by atoms with Crippen LogP contribution in [0.5, 0.6) is 0 Å². The third-order valence-electron chi connectivity index (χ3n) is 3.82. The minimum absolute atomic E-state index is 0.324. The highest BCUT2D eigenvalue weighted by Gasteiger charge is 2.25. The molecule has 0 amide bonds. The van der Waals surface area contributed by atoms with Crippen LogP contribution in [-0.4, -0.2) is 66.6 Å². The molecule has 0 spiro atoms. The van der Waals surface area contributed by atoms with Crippen LogP contribution in [0.4, 0.5) is 0 Å². The van der Waals surface area contributed by atoms with Gasteiger partial charge in [-0.3, -0.25) is 0 Å². The van der Waals surface area contributed by atoms with Gasteiger partial charge in [-0.25, -0.2) is 9.97 Å². The van der Waals surface area contributed by atoms with Crippen molar-refractivity contribution in [1.82, 2.24) is 25.1 Å². The first-order valence-electron chi connectivity index (χ1n) is 6.51. The van der Waals surface area contributed by atoms with Crippen molar-refractivity contribution >= 4 is 0 Å². The molecule has 0 aromatic carbocycles. The first-order chi connectivity index (χ1) is 8.70. The molecule has 100 valence electrons. The van der Waals surface area contributed by atoms with Crippen LogP contribution in [0.3, 0.4) is 0 Å². The predicted molar refractivity (Wildman–Crippen MR) is 72.4 cm³/mol. The summed E-state index contributed by atoms with van der Waals surface area (Å²) >= 11 is 0. The summed E-state index contributed by atoms with van der Waals surface area (Å²) in [6.07, 6.45) is 6.48. The highest BCUT2D eigenvalue weighted by atomic mass is 15.3. The molecule has 0 aliphatic carbocycles. The van der Waals surface area contributed by atoms with E-state index >= 15 is 0 Å². The van der Waals surface area contributed by atoms with Crippen molar-refractivity contribution in [3.8, 4) is 0 Å². The lowest BCUT2D eigenvalue weighted by Gasteiger charge is -2.39. The van der Waals surface area contributed by atoms with E-state index in [4.69, 9.17) is 0 Å². The largest absolute Gasteiger partial charge is 0.313 e. The fraction of sp³-hybridized carbons (Fsp3) is 0.692. The van der Waals surface area contributed by atoms with Crippen molar-refractivity contribution in [3.63, 3.8) is 0 Å². The van der Waals surface area contributed by atoms with Crippen molar-refractivity contribution < 1.29 is 0 Å². The maximum absolute atomic E-state index is 4.11. The third kappa shape index (κ3) is 3.25. The van der Waals surface area contributed by atoms with E-state index in [1.54, 1.807) is 6.33 Å². The van der Waals surface area contributed by atoms with Gasteiger partial charge >= 0.3 is 0 Å². The second-order valence-corrected chi connectivity index (χ2v) is 5.15. The number of rotatable bonds is 4. The van der Waals surface area contributed by atoms with Gasteiger partial charge < -0.3 is 15.1 Å². The number of hydrogen-bond acceptors (Lipinski definition) is 5. The zero-order valence-corrected chi connectivity index (χ0v) is 11.5. The monoisotopic (exact) mass is 249 g/mol. The Morgan fingerprint density at radius 2 is 2.06 bits per heavy atom. The molecule has 5 heteroatoms. The van der Waals surface area contributed by atoms with E-state index in [0.717, 1.165) is 26.1 Å². The fourth-order valence-corrected chi connectivity index (χ4v) is 2.54. The molecule has 1 fully saturated rings. The molecule has 5 nitrogen and oxygen atoms in total. The minimum Gasteiger partial charge on any atom is -0.313 e. The average Bonchev–Trinajstić information content (AvgIpc) is 2.41. The first kappa shape index (κ1) is 13.4. The molecule has 2 unspecified atom stereocenters. The maximum Gasteiger partial charge on any atom is 0.115 e.